The summed E-state index contributed by atoms with van der Waals surface area (Å²) >= 11 is 1.21. The number of halogens is 1. The van der Waals surface area contributed by atoms with Crippen LogP contribution in [0.3, 0.4) is 0 Å². The Morgan fingerprint density at radius 3 is 2.72 bits per heavy atom. The third-order valence-corrected chi connectivity index (χ3v) is 9.05. The van der Waals surface area contributed by atoms with E-state index in [1.54, 1.807) is 17.5 Å². The molecule has 6 nitrogen and oxygen atoms in total. The maximum Gasteiger partial charge on any atom is 0.253 e. The molecule has 0 bridgehead atoms. The Bertz CT molecular complexity index is 725. The van der Waals surface area contributed by atoms with Gasteiger partial charge in [-0.25, -0.2) is 8.42 Å². The molecule has 2 saturated heterocycles. The van der Waals surface area contributed by atoms with Gasteiger partial charge in [-0.05, 0) is 49.0 Å². The standard InChI is InChI=1S/C16H23N3O3S2.ClH/c17-13-6-5-11-9-18(10-12(11)13)16(20)14-3-1-7-19(14)24(21,22)15-4-2-8-23-15;/h2,4,8,11-14H,1,3,5-7,9-10,17H2;1H. The Balaban J connectivity index is 0.00000182. The number of hydrogen-bond donors (Lipinski definition) is 1. The van der Waals surface area contributed by atoms with E-state index < -0.39 is 16.1 Å². The van der Waals surface area contributed by atoms with Gasteiger partial charge < -0.3 is 10.6 Å². The molecule has 140 valence electrons. The summed E-state index contributed by atoms with van der Waals surface area (Å²) in [5.74, 6) is 0.847. The monoisotopic (exact) mass is 405 g/mol. The number of rotatable bonds is 3. The van der Waals surface area contributed by atoms with Crippen LogP contribution in [0.2, 0.25) is 0 Å². The molecule has 0 aromatic carbocycles. The number of likely N-dealkylation sites (tertiary alicyclic amines) is 1. The van der Waals surface area contributed by atoms with E-state index in [1.807, 2.05) is 4.90 Å². The molecule has 4 unspecified atom stereocenters. The molecule has 3 aliphatic rings. The van der Waals surface area contributed by atoms with Crippen LogP contribution >= 0.6 is 23.7 Å². The van der Waals surface area contributed by atoms with Gasteiger partial charge in [0.05, 0.1) is 0 Å². The van der Waals surface area contributed by atoms with Crippen molar-refractivity contribution in [2.24, 2.45) is 17.6 Å². The van der Waals surface area contributed by atoms with Crippen LogP contribution in [0.15, 0.2) is 21.7 Å². The first-order valence-corrected chi connectivity index (χ1v) is 10.9. The Hall–Kier alpha value is -0.670. The molecule has 25 heavy (non-hydrogen) atoms. The number of hydrogen-bond acceptors (Lipinski definition) is 5. The van der Waals surface area contributed by atoms with E-state index >= 15 is 0 Å². The van der Waals surface area contributed by atoms with Gasteiger partial charge in [0.25, 0.3) is 10.0 Å². The third kappa shape index (κ3) is 3.23. The van der Waals surface area contributed by atoms with E-state index in [0.29, 0.717) is 35.6 Å². The van der Waals surface area contributed by atoms with Gasteiger partial charge in [0.15, 0.2) is 0 Å². The van der Waals surface area contributed by atoms with Crippen molar-refractivity contribution in [2.75, 3.05) is 19.6 Å². The summed E-state index contributed by atoms with van der Waals surface area (Å²) in [5.41, 5.74) is 6.15. The molecule has 1 amide bonds. The van der Waals surface area contributed by atoms with Crippen LogP contribution in [0.4, 0.5) is 0 Å². The topological polar surface area (TPSA) is 83.7 Å². The maximum absolute atomic E-state index is 13.0. The first-order chi connectivity index (χ1) is 11.5. The lowest BCUT2D eigenvalue weighted by molar-refractivity contribution is -0.133. The van der Waals surface area contributed by atoms with Crippen molar-refractivity contribution in [3.8, 4) is 0 Å². The molecule has 3 fully saturated rings. The van der Waals surface area contributed by atoms with Crippen molar-refractivity contribution in [2.45, 2.75) is 42.0 Å². The fourth-order valence-electron chi connectivity index (χ4n) is 4.50. The molecule has 0 radical (unpaired) electrons. The molecule has 1 aromatic rings. The Morgan fingerprint density at radius 1 is 1.24 bits per heavy atom. The number of carbonyl (C=O) groups is 1. The molecular formula is C16H24ClN3O3S2. The van der Waals surface area contributed by atoms with Gasteiger partial charge in [0.2, 0.25) is 5.91 Å². The van der Waals surface area contributed by atoms with Gasteiger partial charge in [0.1, 0.15) is 10.3 Å². The van der Waals surface area contributed by atoms with Crippen LogP contribution in [-0.2, 0) is 14.8 Å². The summed E-state index contributed by atoms with van der Waals surface area (Å²) in [6.07, 6.45) is 3.47. The number of sulfonamides is 1. The number of fused-ring (bicyclic) bond motifs is 1. The van der Waals surface area contributed by atoms with E-state index in [4.69, 9.17) is 5.73 Å². The van der Waals surface area contributed by atoms with Gasteiger partial charge in [-0.3, -0.25) is 4.79 Å². The van der Waals surface area contributed by atoms with Crippen LogP contribution in [0.5, 0.6) is 0 Å². The predicted molar refractivity (Wildman–Crippen MR) is 99.3 cm³/mol. The summed E-state index contributed by atoms with van der Waals surface area (Å²) in [7, 11) is -3.57. The fourth-order valence-corrected chi connectivity index (χ4v) is 7.27. The highest BCUT2D eigenvalue weighted by Crippen LogP contribution is 2.38. The third-order valence-electron chi connectivity index (χ3n) is 5.77. The second-order valence-corrected chi connectivity index (χ2v) is 10.2. The zero-order valence-electron chi connectivity index (χ0n) is 13.9. The lowest BCUT2D eigenvalue weighted by Gasteiger charge is -2.27. The quantitative estimate of drug-likeness (QED) is 0.826. The molecule has 4 rings (SSSR count). The van der Waals surface area contributed by atoms with E-state index in [9.17, 15) is 13.2 Å². The average molecular weight is 406 g/mol. The molecule has 9 heteroatoms. The van der Waals surface area contributed by atoms with E-state index in [0.717, 1.165) is 25.8 Å². The van der Waals surface area contributed by atoms with Crippen molar-refractivity contribution in [1.82, 2.24) is 9.21 Å². The number of nitrogens with two attached hydrogens (primary N) is 1. The van der Waals surface area contributed by atoms with Gasteiger partial charge in [-0.15, -0.1) is 23.7 Å². The van der Waals surface area contributed by atoms with Crippen molar-refractivity contribution >= 4 is 39.7 Å². The zero-order valence-corrected chi connectivity index (χ0v) is 16.4. The molecule has 0 spiro atoms. The minimum absolute atomic E-state index is 0. The summed E-state index contributed by atoms with van der Waals surface area (Å²) in [5, 5.41) is 1.75. The van der Waals surface area contributed by atoms with E-state index in [-0.39, 0.29) is 24.4 Å². The summed E-state index contributed by atoms with van der Waals surface area (Å²) in [6.45, 7) is 1.85. The molecule has 4 atom stereocenters. The first-order valence-electron chi connectivity index (χ1n) is 8.58. The Labute approximate surface area is 158 Å². The molecular weight excluding hydrogens is 382 g/mol. The van der Waals surface area contributed by atoms with Crippen LogP contribution in [-0.4, -0.2) is 55.2 Å². The van der Waals surface area contributed by atoms with Crippen LogP contribution in [0.1, 0.15) is 25.7 Å². The van der Waals surface area contributed by atoms with Crippen LogP contribution in [0, 0.1) is 11.8 Å². The second kappa shape index (κ2) is 7.15. The number of nitrogens with zero attached hydrogens (tertiary/aromatic N) is 2. The highest BCUT2D eigenvalue weighted by atomic mass is 35.5. The van der Waals surface area contributed by atoms with E-state index in [2.05, 4.69) is 0 Å². The average Bonchev–Trinajstić information content (AvgIpc) is 3.33. The van der Waals surface area contributed by atoms with Crippen LogP contribution < -0.4 is 5.73 Å². The maximum atomic E-state index is 13.0. The van der Waals surface area contributed by atoms with Crippen molar-refractivity contribution in [1.29, 1.82) is 0 Å². The van der Waals surface area contributed by atoms with Crippen molar-refractivity contribution in [3.63, 3.8) is 0 Å². The minimum atomic E-state index is -3.57. The zero-order chi connectivity index (χ0) is 16.9. The summed E-state index contributed by atoms with van der Waals surface area (Å²) in [6, 6.07) is 2.97. The van der Waals surface area contributed by atoms with Gasteiger partial charge in [0, 0.05) is 25.7 Å². The second-order valence-electron chi connectivity index (χ2n) is 7.11. The minimum Gasteiger partial charge on any atom is -0.341 e. The molecule has 3 heterocycles. The van der Waals surface area contributed by atoms with Crippen molar-refractivity contribution < 1.29 is 13.2 Å². The summed E-state index contributed by atoms with van der Waals surface area (Å²) in [4.78, 5) is 14.9. The normalized spacial score (nSPS) is 32.6. The highest BCUT2D eigenvalue weighted by Gasteiger charge is 2.47. The fraction of sp³-hybridized carbons (Fsp3) is 0.688. The molecule has 2 aliphatic heterocycles. The van der Waals surface area contributed by atoms with Gasteiger partial charge in [-0.2, -0.15) is 4.31 Å². The highest BCUT2D eigenvalue weighted by molar-refractivity contribution is 7.91. The lowest BCUT2D eigenvalue weighted by atomic mass is 9.98. The largest absolute Gasteiger partial charge is 0.341 e. The number of thiophene rings is 1. The number of amides is 1. The Morgan fingerprint density at radius 2 is 2.04 bits per heavy atom. The van der Waals surface area contributed by atoms with Crippen molar-refractivity contribution in [3.05, 3.63) is 17.5 Å². The predicted octanol–water partition coefficient (Wildman–Crippen LogP) is 1.52. The molecule has 1 aromatic heterocycles. The van der Waals surface area contributed by atoms with Gasteiger partial charge >= 0.3 is 0 Å². The van der Waals surface area contributed by atoms with E-state index in [1.165, 1.54) is 15.6 Å². The lowest BCUT2D eigenvalue weighted by Crippen LogP contribution is -2.47. The molecule has 1 aliphatic carbocycles. The smallest absolute Gasteiger partial charge is 0.253 e. The molecule has 1 saturated carbocycles. The molecule has 2 N–H and O–H groups in total. The van der Waals surface area contributed by atoms with Crippen LogP contribution in [0.25, 0.3) is 0 Å². The summed E-state index contributed by atoms with van der Waals surface area (Å²) < 4.78 is 27.4. The number of carbonyl (C=O) groups excluding carboxylic acids is 1. The Kier molecular flexibility index (Phi) is 5.46. The SMILES string of the molecule is Cl.NC1CCC2CN(C(=O)C3CCCN3S(=O)(=O)c3cccs3)CC12. The van der Waals surface area contributed by atoms with Gasteiger partial charge in [-0.1, -0.05) is 6.07 Å². The first kappa shape index (κ1) is 19.1.